The van der Waals surface area contributed by atoms with Gasteiger partial charge in [-0.05, 0) is 24.3 Å². The molecule has 0 atom stereocenters. The molecule has 94 valence electrons. The first-order chi connectivity index (χ1) is 9.33. The topological polar surface area (TPSA) is 92.9 Å². The van der Waals surface area contributed by atoms with E-state index in [9.17, 15) is 4.79 Å². The van der Waals surface area contributed by atoms with Gasteiger partial charge in [0.05, 0.1) is 0 Å². The van der Waals surface area contributed by atoms with E-state index in [0.717, 1.165) is 0 Å². The summed E-state index contributed by atoms with van der Waals surface area (Å²) in [5.74, 6) is -0.308. The molecule has 7 nitrogen and oxygen atoms in total. The van der Waals surface area contributed by atoms with Crippen molar-refractivity contribution in [3.8, 4) is 0 Å². The van der Waals surface area contributed by atoms with Crippen LogP contribution in [0.4, 0.5) is 6.01 Å². The van der Waals surface area contributed by atoms with E-state index >= 15 is 0 Å². The highest BCUT2D eigenvalue weighted by Gasteiger charge is 2.08. The van der Waals surface area contributed by atoms with Crippen molar-refractivity contribution in [2.45, 2.75) is 0 Å². The van der Waals surface area contributed by atoms with E-state index in [1.165, 1.54) is 12.4 Å². The van der Waals surface area contributed by atoms with Gasteiger partial charge in [-0.3, -0.25) is 20.6 Å². The third-order valence-electron chi connectivity index (χ3n) is 2.39. The molecule has 0 spiro atoms. The summed E-state index contributed by atoms with van der Waals surface area (Å²) in [4.78, 5) is 23.7. The van der Waals surface area contributed by atoms with Crippen LogP contribution in [-0.4, -0.2) is 20.9 Å². The molecule has 3 rings (SSSR count). The van der Waals surface area contributed by atoms with Crippen LogP contribution in [0, 0.1) is 0 Å². The van der Waals surface area contributed by atoms with Gasteiger partial charge in [0.15, 0.2) is 5.58 Å². The fraction of sp³-hybridized carbons (Fsp3) is 0. The lowest BCUT2D eigenvalue weighted by Gasteiger charge is -2.03. The van der Waals surface area contributed by atoms with E-state index in [1.54, 1.807) is 30.5 Å². The van der Waals surface area contributed by atoms with Gasteiger partial charge in [0.25, 0.3) is 5.91 Å². The molecule has 0 saturated carbocycles. The molecule has 0 aromatic carbocycles. The first-order valence-electron chi connectivity index (χ1n) is 5.51. The molecule has 0 bridgehead atoms. The van der Waals surface area contributed by atoms with Crippen LogP contribution in [0.3, 0.4) is 0 Å². The summed E-state index contributed by atoms with van der Waals surface area (Å²) in [6.45, 7) is 0. The zero-order valence-corrected chi connectivity index (χ0v) is 9.70. The lowest BCUT2D eigenvalue weighted by molar-refractivity contribution is 0.0961. The Kier molecular flexibility index (Phi) is 2.77. The van der Waals surface area contributed by atoms with Gasteiger partial charge in [0.2, 0.25) is 5.65 Å². The Bertz CT molecular complexity index is 677. The van der Waals surface area contributed by atoms with Crippen LogP contribution in [-0.2, 0) is 0 Å². The maximum absolute atomic E-state index is 11.7. The largest absolute Gasteiger partial charge is 0.421 e. The molecule has 3 aromatic rings. The van der Waals surface area contributed by atoms with E-state index < -0.39 is 0 Å². The van der Waals surface area contributed by atoms with E-state index in [1.807, 2.05) is 0 Å². The number of oxazole rings is 1. The molecule has 3 heterocycles. The summed E-state index contributed by atoms with van der Waals surface area (Å²) < 4.78 is 5.34. The van der Waals surface area contributed by atoms with Crippen molar-refractivity contribution in [3.05, 3.63) is 48.4 Å². The summed E-state index contributed by atoms with van der Waals surface area (Å²) in [6.07, 6.45) is 4.70. The van der Waals surface area contributed by atoms with Gasteiger partial charge in [-0.1, -0.05) is 0 Å². The average molecular weight is 255 g/mol. The lowest BCUT2D eigenvalue weighted by atomic mass is 10.3. The predicted molar refractivity (Wildman–Crippen MR) is 67.1 cm³/mol. The number of fused-ring (bicyclic) bond motifs is 1. The number of carbonyl (C=O) groups is 1. The van der Waals surface area contributed by atoms with Crippen molar-refractivity contribution in [3.63, 3.8) is 0 Å². The van der Waals surface area contributed by atoms with Crippen LogP contribution in [0.1, 0.15) is 10.4 Å². The van der Waals surface area contributed by atoms with E-state index in [4.69, 9.17) is 4.42 Å². The number of hydrogen-bond acceptors (Lipinski definition) is 6. The standard InChI is InChI=1S/C12H9N5O2/c18-11(8-3-6-13-7-4-8)16-17-12-15-10-9(19-12)2-1-5-14-10/h1-7H,(H,16,18)(H,14,15,17). The summed E-state index contributed by atoms with van der Waals surface area (Å²) >= 11 is 0. The van der Waals surface area contributed by atoms with Crippen molar-refractivity contribution < 1.29 is 9.21 Å². The van der Waals surface area contributed by atoms with Gasteiger partial charge in [-0.2, -0.15) is 4.98 Å². The van der Waals surface area contributed by atoms with Crippen LogP contribution >= 0.6 is 0 Å². The zero-order valence-electron chi connectivity index (χ0n) is 9.70. The molecule has 3 aromatic heterocycles. The summed E-state index contributed by atoms with van der Waals surface area (Å²) in [7, 11) is 0. The molecular formula is C12H9N5O2. The van der Waals surface area contributed by atoms with E-state index in [2.05, 4.69) is 25.8 Å². The van der Waals surface area contributed by atoms with Gasteiger partial charge in [0, 0.05) is 24.2 Å². The van der Waals surface area contributed by atoms with Gasteiger partial charge in [-0.25, -0.2) is 4.98 Å². The second kappa shape index (κ2) is 4.73. The van der Waals surface area contributed by atoms with Gasteiger partial charge < -0.3 is 4.42 Å². The highest BCUT2D eigenvalue weighted by atomic mass is 16.4. The zero-order chi connectivity index (χ0) is 13.1. The number of carbonyl (C=O) groups excluding carboxylic acids is 1. The predicted octanol–water partition coefficient (Wildman–Crippen LogP) is 1.37. The molecular weight excluding hydrogens is 246 g/mol. The van der Waals surface area contributed by atoms with Crippen LogP contribution in [0.5, 0.6) is 0 Å². The monoisotopic (exact) mass is 255 g/mol. The van der Waals surface area contributed by atoms with Crippen LogP contribution < -0.4 is 10.9 Å². The SMILES string of the molecule is O=C(NNc1nc2ncccc2o1)c1ccncc1. The minimum Gasteiger partial charge on any atom is -0.421 e. The number of pyridine rings is 2. The molecule has 0 aliphatic heterocycles. The lowest BCUT2D eigenvalue weighted by Crippen LogP contribution is -2.29. The van der Waals surface area contributed by atoms with Gasteiger partial charge in [0.1, 0.15) is 0 Å². The van der Waals surface area contributed by atoms with Crippen LogP contribution in [0.2, 0.25) is 0 Å². The van der Waals surface area contributed by atoms with Crippen molar-refractivity contribution in [2.24, 2.45) is 0 Å². The van der Waals surface area contributed by atoms with Crippen molar-refractivity contribution in [1.82, 2.24) is 20.4 Å². The molecule has 0 fully saturated rings. The number of hydrazine groups is 1. The highest BCUT2D eigenvalue weighted by Crippen LogP contribution is 2.15. The first kappa shape index (κ1) is 11.1. The van der Waals surface area contributed by atoms with Crippen molar-refractivity contribution in [2.75, 3.05) is 5.43 Å². The smallest absolute Gasteiger partial charge is 0.316 e. The number of amides is 1. The maximum Gasteiger partial charge on any atom is 0.316 e. The molecule has 1 amide bonds. The molecule has 7 heteroatoms. The minimum atomic E-state index is -0.308. The second-order valence-electron chi connectivity index (χ2n) is 3.66. The van der Waals surface area contributed by atoms with Crippen LogP contribution in [0.15, 0.2) is 47.3 Å². The number of hydrogen-bond donors (Lipinski definition) is 2. The summed E-state index contributed by atoms with van der Waals surface area (Å²) in [5.41, 5.74) is 6.57. The number of nitrogens with one attached hydrogen (secondary N) is 2. The Labute approximate surface area is 107 Å². The number of rotatable bonds is 3. The quantitative estimate of drug-likeness (QED) is 0.687. The van der Waals surface area contributed by atoms with Gasteiger partial charge >= 0.3 is 6.01 Å². The van der Waals surface area contributed by atoms with E-state index in [0.29, 0.717) is 16.8 Å². The third kappa shape index (κ3) is 2.34. The molecule has 2 N–H and O–H groups in total. The van der Waals surface area contributed by atoms with Crippen LogP contribution in [0.25, 0.3) is 11.2 Å². The van der Waals surface area contributed by atoms with E-state index in [-0.39, 0.29) is 11.9 Å². The molecule has 19 heavy (non-hydrogen) atoms. The Balaban J connectivity index is 1.71. The Morgan fingerprint density at radius 2 is 2.00 bits per heavy atom. The number of nitrogens with zero attached hydrogens (tertiary/aromatic N) is 3. The molecule has 0 aliphatic rings. The highest BCUT2D eigenvalue weighted by molar-refractivity contribution is 5.94. The van der Waals surface area contributed by atoms with Crippen molar-refractivity contribution in [1.29, 1.82) is 0 Å². The Morgan fingerprint density at radius 3 is 2.79 bits per heavy atom. The fourth-order valence-electron chi connectivity index (χ4n) is 1.51. The molecule has 0 unspecified atom stereocenters. The van der Waals surface area contributed by atoms with Crippen molar-refractivity contribution >= 4 is 23.2 Å². The Hall–Kier alpha value is -2.96. The molecule has 0 saturated heterocycles. The Morgan fingerprint density at radius 1 is 1.16 bits per heavy atom. The summed E-state index contributed by atoms with van der Waals surface area (Å²) in [6, 6.07) is 6.86. The first-order valence-corrected chi connectivity index (χ1v) is 5.51. The molecule has 0 aliphatic carbocycles. The average Bonchev–Trinajstić information content (AvgIpc) is 2.88. The third-order valence-corrected chi connectivity index (χ3v) is 2.39. The summed E-state index contributed by atoms with van der Waals surface area (Å²) in [5, 5.41) is 0. The minimum absolute atomic E-state index is 0.177. The normalized spacial score (nSPS) is 10.3. The second-order valence-corrected chi connectivity index (χ2v) is 3.66. The maximum atomic E-state index is 11.7. The number of anilines is 1. The van der Waals surface area contributed by atoms with Gasteiger partial charge in [-0.15, -0.1) is 0 Å². The fourth-order valence-corrected chi connectivity index (χ4v) is 1.51. The molecule has 0 radical (unpaired) electrons. The number of aromatic nitrogens is 3.